The monoisotopic (exact) mass is 461 g/mol. The summed E-state index contributed by atoms with van der Waals surface area (Å²) in [6, 6.07) is 6.90. The first-order valence-corrected chi connectivity index (χ1v) is 9.70. The summed E-state index contributed by atoms with van der Waals surface area (Å²) in [5.41, 5.74) is 12.9. The van der Waals surface area contributed by atoms with Crippen LogP contribution in [-0.2, 0) is 20.9 Å². The smallest absolute Gasteiger partial charge is 0.243 e. The summed E-state index contributed by atoms with van der Waals surface area (Å²) in [7, 11) is 0. The Hall–Kier alpha value is -1.87. The van der Waals surface area contributed by atoms with Gasteiger partial charge in [0.25, 0.3) is 0 Å². The first kappa shape index (κ1) is 28.1. The lowest BCUT2D eigenvalue weighted by Gasteiger charge is -2.31. The first-order chi connectivity index (χ1) is 13.3. The lowest BCUT2D eigenvalue weighted by atomic mass is 9.97. The van der Waals surface area contributed by atoms with Crippen molar-refractivity contribution in [2.24, 2.45) is 23.3 Å². The number of nitrogens with one attached hydrogen (secondary N) is 2. The molecule has 1 heterocycles. The van der Waals surface area contributed by atoms with Crippen molar-refractivity contribution < 1.29 is 14.4 Å². The number of anilines is 1. The summed E-state index contributed by atoms with van der Waals surface area (Å²) in [6.07, 6.45) is 1.82. The summed E-state index contributed by atoms with van der Waals surface area (Å²) < 4.78 is 0. The minimum atomic E-state index is -0.629. The number of carbonyl (C=O) groups is 3. The number of amides is 3. The lowest BCUT2D eigenvalue weighted by molar-refractivity contribution is -0.125. The molecule has 1 saturated heterocycles. The second kappa shape index (κ2) is 13.4. The standard InChI is InChI=1S/C20H31N5O3.2ClH/c1-13(2)18(21)20(28)23-10-17(26)24-16-7-5-14(6-8-16)11-25-9-3-4-15(12-25)19(22)27;;/h5-8,13,15,18H,3-4,9-12,21H2,1-2H3,(H2,22,27)(H,23,28)(H,24,26);2*1H/t15?,18-;;/m0../s1. The number of nitrogens with two attached hydrogens (primary N) is 2. The van der Waals surface area contributed by atoms with Gasteiger partial charge in [-0.05, 0) is 43.0 Å². The van der Waals surface area contributed by atoms with E-state index in [9.17, 15) is 14.4 Å². The Morgan fingerprint density at radius 3 is 2.37 bits per heavy atom. The van der Waals surface area contributed by atoms with Gasteiger partial charge in [0.2, 0.25) is 17.7 Å². The topological polar surface area (TPSA) is 131 Å². The van der Waals surface area contributed by atoms with E-state index in [4.69, 9.17) is 11.5 Å². The van der Waals surface area contributed by atoms with Crippen LogP contribution in [0.15, 0.2) is 24.3 Å². The van der Waals surface area contributed by atoms with Crippen LogP contribution >= 0.6 is 24.8 Å². The lowest BCUT2D eigenvalue weighted by Crippen LogP contribution is -2.46. The highest BCUT2D eigenvalue weighted by atomic mass is 35.5. The third-order valence-electron chi connectivity index (χ3n) is 5.00. The van der Waals surface area contributed by atoms with E-state index in [2.05, 4.69) is 15.5 Å². The molecule has 3 amide bonds. The van der Waals surface area contributed by atoms with Gasteiger partial charge in [-0.2, -0.15) is 0 Å². The van der Waals surface area contributed by atoms with Crippen molar-refractivity contribution in [3.63, 3.8) is 0 Å². The van der Waals surface area contributed by atoms with Crippen molar-refractivity contribution in [3.8, 4) is 0 Å². The summed E-state index contributed by atoms with van der Waals surface area (Å²) in [5.74, 6) is -0.946. The van der Waals surface area contributed by atoms with Gasteiger partial charge in [0.1, 0.15) is 0 Å². The normalized spacial score (nSPS) is 17.3. The molecule has 0 aromatic heterocycles. The molecule has 2 atom stereocenters. The van der Waals surface area contributed by atoms with E-state index in [1.54, 1.807) is 0 Å². The van der Waals surface area contributed by atoms with E-state index >= 15 is 0 Å². The van der Waals surface area contributed by atoms with Crippen LogP contribution in [0.2, 0.25) is 0 Å². The zero-order chi connectivity index (χ0) is 20.7. The molecule has 0 aliphatic carbocycles. The molecule has 30 heavy (non-hydrogen) atoms. The number of benzene rings is 1. The molecular weight excluding hydrogens is 429 g/mol. The maximum absolute atomic E-state index is 12.0. The SMILES string of the molecule is CC(C)[C@H](N)C(=O)NCC(=O)Nc1ccc(CN2CCCC(C(N)=O)C2)cc1.Cl.Cl. The minimum Gasteiger partial charge on any atom is -0.369 e. The van der Waals surface area contributed by atoms with Crippen molar-refractivity contribution in [1.29, 1.82) is 0 Å². The fraction of sp³-hybridized carbons (Fsp3) is 0.550. The molecule has 0 saturated carbocycles. The summed E-state index contributed by atoms with van der Waals surface area (Å²) in [5, 5.41) is 5.29. The average Bonchev–Trinajstić information content (AvgIpc) is 2.67. The Balaban J connectivity index is 0.00000420. The molecule has 0 bridgehead atoms. The van der Waals surface area contributed by atoms with E-state index in [1.165, 1.54) is 0 Å². The summed E-state index contributed by atoms with van der Waals surface area (Å²) in [6.45, 7) is 5.95. The zero-order valence-electron chi connectivity index (χ0n) is 17.4. The number of likely N-dealkylation sites (tertiary alicyclic amines) is 1. The largest absolute Gasteiger partial charge is 0.369 e. The molecule has 1 aromatic carbocycles. The van der Waals surface area contributed by atoms with Crippen molar-refractivity contribution in [1.82, 2.24) is 10.2 Å². The van der Waals surface area contributed by atoms with E-state index in [0.717, 1.165) is 31.5 Å². The van der Waals surface area contributed by atoms with Crippen LogP contribution in [0.3, 0.4) is 0 Å². The molecular formula is C20H33Cl2N5O3. The van der Waals surface area contributed by atoms with Crippen LogP contribution in [0.25, 0.3) is 0 Å². The van der Waals surface area contributed by atoms with Crippen LogP contribution in [0, 0.1) is 11.8 Å². The Bertz CT molecular complexity index is 700. The Morgan fingerprint density at radius 2 is 1.80 bits per heavy atom. The number of piperidine rings is 1. The second-order valence-corrected chi connectivity index (χ2v) is 7.71. The van der Waals surface area contributed by atoms with E-state index in [-0.39, 0.29) is 60.9 Å². The number of nitrogens with zero attached hydrogens (tertiary/aromatic N) is 1. The van der Waals surface area contributed by atoms with Gasteiger partial charge in [0.05, 0.1) is 18.5 Å². The Kier molecular flexibility index (Phi) is 12.6. The predicted molar refractivity (Wildman–Crippen MR) is 123 cm³/mol. The van der Waals surface area contributed by atoms with Crippen LogP contribution in [0.1, 0.15) is 32.3 Å². The van der Waals surface area contributed by atoms with Gasteiger partial charge >= 0.3 is 0 Å². The van der Waals surface area contributed by atoms with Gasteiger partial charge in [0.15, 0.2) is 0 Å². The molecule has 6 N–H and O–H groups in total. The molecule has 10 heteroatoms. The summed E-state index contributed by atoms with van der Waals surface area (Å²) in [4.78, 5) is 37.4. The molecule has 1 unspecified atom stereocenters. The predicted octanol–water partition coefficient (Wildman–Crippen LogP) is 1.27. The number of hydrogen-bond acceptors (Lipinski definition) is 5. The van der Waals surface area contributed by atoms with Gasteiger partial charge in [-0.3, -0.25) is 19.3 Å². The van der Waals surface area contributed by atoms with Gasteiger partial charge in [0, 0.05) is 18.8 Å². The fourth-order valence-electron chi connectivity index (χ4n) is 3.18. The number of hydrogen-bond donors (Lipinski definition) is 4. The van der Waals surface area contributed by atoms with Crippen molar-refractivity contribution >= 4 is 48.2 Å². The molecule has 0 spiro atoms. The fourth-order valence-corrected chi connectivity index (χ4v) is 3.18. The van der Waals surface area contributed by atoms with Crippen molar-refractivity contribution in [2.45, 2.75) is 39.3 Å². The van der Waals surface area contributed by atoms with Gasteiger partial charge in [-0.25, -0.2) is 0 Å². The minimum absolute atomic E-state index is 0. The highest BCUT2D eigenvalue weighted by Gasteiger charge is 2.23. The van der Waals surface area contributed by atoms with Crippen LogP contribution in [0.5, 0.6) is 0 Å². The molecule has 1 fully saturated rings. The maximum atomic E-state index is 12.0. The Labute approximate surface area is 190 Å². The van der Waals surface area contributed by atoms with E-state index < -0.39 is 6.04 Å². The van der Waals surface area contributed by atoms with Crippen molar-refractivity contribution in [3.05, 3.63) is 29.8 Å². The highest BCUT2D eigenvalue weighted by Crippen LogP contribution is 2.19. The molecule has 1 aliphatic rings. The average molecular weight is 462 g/mol. The zero-order valence-corrected chi connectivity index (χ0v) is 19.1. The maximum Gasteiger partial charge on any atom is 0.243 e. The Morgan fingerprint density at radius 1 is 1.17 bits per heavy atom. The molecule has 0 radical (unpaired) electrons. The quantitative estimate of drug-likeness (QED) is 0.462. The van der Waals surface area contributed by atoms with Gasteiger partial charge in [-0.1, -0.05) is 26.0 Å². The molecule has 170 valence electrons. The number of halogens is 2. The van der Waals surface area contributed by atoms with Crippen LogP contribution in [0.4, 0.5) is 5.69 Å². The van der Waals surface area contributed by atoms with Crippen molar-refractivity contribution in [2.75, 3.05) is 25.0 Å². The molecule has 1 aliphatic heterocycles. The highest BCUT2D eigenvalue weighted by molar-refractivity contribution is 5.95. The summed E-state index contributed by atoms with van der Waals surface area (Å²) >= 11 is 0. The van der Waals surface area contributed by atoms with Gasteiger partial charge < -0.3 is 22.1 Å². The third kappa shape index (κ3) is 8.87. The van der Waals surface area contributed by atoms with E-state index in [0.29, 0.717) is 12.2 Å². The van der Waals surface area contributed by atoms with E-state index in [1.807, 2.05) is 38.1 Å². The molecule has 2 rings (SSSR count). The number of rotatable bonds is 8. The van der Waals surface area contributed by atoms with Crippen LogP contribution in [-0.4, -0.2) is 48.3 Å². The number of primary amides is 1. The second-order valence-electron chi connectivity index (χ2n) is 7.71. The molecule has 1 aromatic rings. The third-order valence-corrected chi connectivity index (χ3v) is 5.00. The van der Waals surface area contributed by atoms with Gasteiger partial charge in [-0.15, -0.1) is 24.8 Å². The number of carbonyl (C=O) groups excluding carboxylic acids is 3. The first-order valence-electron chi connectivity index (χ1n) is 9.70. The molecule has 8 nitrogen and oxygen atoms in total. The van der Waals surface area contributed by atoms with Crippen LogP contribution < -0.4 is 22.1 Å².